The SMILES string of the molecule is COc1ccc(NC(=O)/C=C\CN2C/C(=C/c3ccccc3)C(=O)/C(=C/c3ccccc3)C2)cc1. The number of hydrogen-bond donors (Lipinski definition) is 1. The molecule has 3 aromatic rings. The minimum absolute atomic E-state index is 0.0650. The van der Waals surface area contributed by atoms with Crippen molar-refractivity contribution in [3.05, 3.63) is 119 Å². The second-order valence-corrected chi connectivity index (χ2v) is 8.28. The molecule has 1 amide bonds. The molecule has 0 spiro atoms. The van der Waals surface area contributed by atoms with Gasteiger partial charge in [0.25, 0.3) is 0 Å². The van der Waals surface area contributed by atoms with Gasteiger partial charge in [0.15, 0.2) is 5.78 Å². The van der Waals surface area contributed by atoms with Crippen molar-refractivity contribution >= 4 is 29.5 Å². The van der Waals surface area contributed by atoms with Crippen LogP contribution in [0.25, 0.3) is 12.2 Å². The Morgan fingerprint density at radius 2 is 1.40 bits per heavy atom. The van der Waals surface area contributed by atoms with Crippen LogP contribution in [0.1, 0.15) is 11.1 Å². The van der Waals surface area contributed by atoms with Gasteiger partial charge in [-0.1, -0.05) is 66.7 Å². The summed E-state index contributed by atoms with van der Waals surface area (Å²) in [6.07, 6.45) is 7.26. The molecular weight excluding hydrogens is 436 g/mol. The lowest BCUT2D eigenvalue weighted by atomic mass is 9.94. The third-order valence-corrected chi connectivity index (χ3v) is 5.64. The Bertz CT molecular complexity index is 1180. The van der Waals surface area contributed by atoms with Gasteiger partial charge in [0.05, 0.1) is 7.11 Å². The maximum absolute atomic E-state index is 13.3. The molecule has 0 aromatic heterocycles. The first-order valence-corrected chi connectivity index (χ1v) is 11.5. The molecule has 5 nitrogen and oxygen atoms in total. The molecule has 1 heterocycles. The number of ketones is 1. The lowest BCUT2D eigenvalue weighted by molar-refractivity contribution is -0.113. The molecule has 1 N–H and O–H groups in total. The van der Waals surface area contributed by atoms with E-state index in [-0.39, 0.29) is 11.7 Å². The van der Waals surface area contributed by atoms with E-state index in [2.05, 4.69) is 10.2 Å². The second kappa shape index (κ2) is 11.8. The fourth-order valence-electron chi connectivity index (χ4n) is 3.91. The lowest BCUT2D eigenvalue weighted by Gasteiger charge is -2.29. The van der Waals surface area contributed by atoms with Crippen molar-refractivity contribution < 1.29 is 14.3 Å². The Kier molecular flexibility index (Phi) is 8.04. The standard InChI is InChI=1S/C30H28N2O3/c1-35-28-16-14-27(15-17-28)31-29(33)13-8-18-32-21-25(19-23-9-4-2-5-10-23)30(34)26(22-32)20-24-11-6-3-7-12-24/h2-17,19-20H,18,21-22H2,1H3,(H,31,33)/b13-8-,25-19-,26-20+. The Morgan fingerprint density at radius 3 is 1.91 bits per heavy atom. The number of amides is 1. The van der Waals surface area contributed by atoms with Crippen molar-refractivity contribution in [3.63, 3.8) is 0 Å². The summed E-state index contributed by atoms with van der Waals surface area (Å²) < 4.78 is 5.14. The fourth-order valence-corrected chi connectivity index (χ4v) is 3.91. The third-order valence-electron chi connectivity index (χ3n) is 5.64. The number of benzene rings is 3. The van der Waals surface area contributed by atoms with Crippen molar-refractivity contribution in [1.82, 2.24) is 4.90 Å². The van der Waals surface area contributed by atoms with Crippen LogP contribution in [0.2, 0.25) is 0 Å². The summed E-state index contributed by atoms with van der Waals surface area (Å²) in [5.74, 6) is 0.593. The molecule has 0 saturated carbocycles. The van der Waals surface area contributed by atoms with Crippen LogP contribution in [0.3, 0.4) is 0 Å². The van der Waals surface area contributed by atoms with Gasteiger partial charge in [-0.25, -0.2) is 0 Å². The van der Waals surface area contributed by atoms with Gasteiger partial charge >= 0.3 is 0 Å². The molecule has 0 radical (unpaired) electrons. The van der Waals surface area contributed by atoms with Crippen molar-refractivity contribution in [1.29, 1.82) is 0 Å². The number of carbonyl (C=O) groups excluding carboxylic acids is 2. The molecule has 1 saturated heterocycles. The topological polar surface area (TPSA) is 58.6 Å². The first kappa shape index (κ1) is 23.9. The number of likely N-dealkylation sites (tertiary alicyclic amines) is 1. The summed E-state index contributed by atoms with van der Waals surface area (Å²) in [6.45, 7) is 1.58. The zero-order valence-corrected chi connectivity index (χ0v) is 19.7. The van der Waals surface area contributed by atoms with Crippen LogP contribution >= 0.6 is 0 Å². The van der Waals surface area contributed by atoms with Crippen LogP contribution in [-0.2, 0) is 9.59 Å². The van der Waals surface area contributed by atoms with E-state index >= 15 is 0 Å². The van der Waals surface area contributed by atoms with Gasteiger partial charge in [-0.05, 0) is 47.5 Å². The van der Waals surface area contributed by atoms with Crippen LogP contribution < -0.4 is 10.1 Å². The van der Waals surface area contributed by atoms with Gasteiger partial charge < -0.3 is 10.1 Å². The summed E-state index contributed by atoms with van der Waals surface area (Å²) >= 11 is 0. The van der Waals surface area contributed by atoms with E-state index in [9.17, 15) is 9.59 Å². The zero-order valence-electron chi connectivity index (χ0n) is 19.7. The van der Waals surface area contributed by atoms with Crippen LogP contribution in [0.5, 0.6) is 5.75 Å². The van der Waals surface area contributed by atoms with Gasteiger partial charge in [-0.3, -0.25) is 14.5 Å². The number of piperidine rings is 1. The van der Waals surface area contributed by atoms with E-state index in [0.29, 0.717) is 25.3 Å². The van der Waals surface area contributed by atoms with Crippen molar-refractivity contribution in [2.75, 3.05) is 32.1 Å². The minimum Gasteiger partial charge on any atom is -0.497 e. The van der Waals surface area contributed by atoms with E-state index in [1.54, 1.807) is 31.4 Å². The molecule has 176 valence electrons. The highest BCUT2D eigenvalue weighted by Gasteiger charge is 2.25. The van der Waals surface area contributed by atoms with Crippen LogP contribution in [0.4, 0.5) is 5.69 Å². The average molecular weight is 465 g/mol. The smallest absolute Gasteiger partial charge is 0.248 e. The number of anilines is 1. The molecule has 1 fully saturated rings. The van der Waals surface area contributed by atoms with Crippen LogP contribution in [0.15, 0.2) is 108 Å². The van der Waals surface area contributed by atoms with Gasteiger partial charge in [0, 0.05) is 42.5 Å². The predicted octanol–water partition coefficient (Wildman–Crippen LogP) is 5.24. The molecule has 0 bridgehead atoms. The normalized spacial score (nSPS) is 16.7. The molecule has 3 aromatic carbocycles. The van der Waals surface area contributed by atoms with E-state index < -0.39 is 0 Å². The van der Waals surface area contributed by atoms with E-state index in [1.165, 1.54) is 6.08 Å². The Balaban J connectivity index is 1.47. The summed E-state index contributed by atoms with van der Waals surface area (Å²) in [5.41, 5.74) is 4.16. The number of methoxy groups -OCH3 is 1. The van der Waals surface area contributed by atoms with Crippen molar-refractivity contribution in [3.8, 4) is 5.75 Å². The Morgan fingerprint density at radius 1 is 0.857 bits per heavy atom. The zero-order chi connectivity index (χ0) is 24.5. The monoisotopic (exact) mass is 464 g/mol. The van der Waals surface area contributed by atoms with Gasteiger partial charge in [-0.2, -0.15) is 0 Å². The number of ether oxygens (including phenoxy) is 1. The highest BCUT2D eigenvalue weighted by molar-refractivity contribution is 6.14. The first-order valence-electron chi connectivity index (χ1n) is 11.5. The summed E-state index contributed by atoms with van der Waals surface area (Å²) in [7, 11) is 1.60. The van der Waals surface area contributed by atoms with Crippen LogP contribution in [-0.4, -0.2) is 43.3 Å². The van der Waals surface area contributed by atoms with Gasteiger partial charge in [0.2, 0.25) is 5.91 Å². The largest absolute Gasteiger partial charge is 0.497 e. The second-order valence-electron chi connectivity index (χ2n) is 8.28. The molecule has 4 rings (SSSR count). The molecule has 1 aliphatic heterocycles. The molecule has 35 heavy (non-hydrogen) atoms. The number of hydrogen-bond acceptors (Lipinski definition) is 4. The fraction of sp³-hybridized carbons (Fsp3) is 0.133. The predicted molar refractivity (Wildman–Crippen MR) is 141 cm³/mol. The molecule has 0 atom stereocenters. The highest BCUT2D eigenvalue weighted by atomic mass is 16.5. The van der Waals surface area contributed by atoms with E-state index in [1.807, 2.05) is 78.9 Å². The lowest BCUT2D eigenvalue weighted by Crippen LogP contribution is -2.37. The number of Topliss-reactive ketones (excluding diaryl/α,β-unsaturated/α-hetero) is 1. The van der Waals surface area contributed by atoms with Crippen molar-refractivity contribution in [2.24, 2.45) is 0 Å². The maximum Gasteiger partial charge on any atom is 0.248 e. The molecule has 0 aliphatic carbocycles. The number of nitrogens with zero attached hydrogens (tertiary/aromatic N) is 1. The van der Waals surface area contributed by atoms with E-state index in [0.717, 1.165) is 28.0 Å². The molecule has 0 unspecified atom stereocenters. The third kappa shape index (κ3) is 6.88. The summed E-state index contributed by atoms with van der Waals surface area (Å²) in [5, 5.41) is 2.84. The quantitative estimate of drug-likeness (QED) is 0.486. The van der Waals surface area contributed by atoms with E-state index in [4.69, 9.17) is 4.74 Å². The number of carbonyl (C=O) groups is 2. The average Bonchev–Trinajstić information content (AvgIpc) is 2.88. The molecular formula is C30H28N2O3. The Hall–Kier alpha value is -4.22. The van der Waals surface area contributed by atoms with Gasteiger partial charge in [0.1, 0.15) is 5.75 Å². The molecule has 1 aliphatic rings. The highest BCUT2D eigenvalue weighted by Crippen LogP contribution is 2.22. The minimum atomic E-state index is -0.205. The number of nitrogens with one attached hydrogen (secondary N) is 1. The van der Waals surface area contributed by atoms with Crippen molar-refractivity contribution in [2.45, 2.75) is 0 Å². The summed E-state index contributed by atoms with van der Waals surface area (Å²) in [4.78, 5) is 27.8. The van der Waals surface area contributed by atoms with Crippen LogP contribution in [0, 0.1) is 0 Å². The summed E-state index contributed by atoms with van der Waals surface area (Å²) in [6, 6.07) is 26.9. The number of rotatable bonds is 7. The maximum atomic E-state index is 13.3. The van der Waals surface area contributed by atoms with Gasteiger partial charge in [-0.15, -0.1) is 0 Å². The first-order chi connectivity index (χ1) is 17.1. The molecule has 5 heteroatoms. The Labute approximate surface area is 206 Å².